The normalized spacial score (nSPS) is 14.8. The minimum absolute atomic E-state index is 0.0341. The van der Waals surface area contributed by atoms with Crippen molar-refractivity contribution in [2.75, 3.05) is 13.7 Å². The predicted molar refractivity (Wildman–Crippen MR) is 106 cm³/mol. The molecule has 0 saturated carbocycles. The fourth-order valence-corrected chi connectivity index (χ4v) is 3.57. The molecule has 0 aliphatic carbocycles. The standard InChI is InChI=1S/C21H24N4O3/c1-4-13(2)20(26)24-10-9-17-16(12-24)21(27)25-19(22-17)11-18(23-25)14-5-7-15(28-3)8-6-14/h5-8,11,13,23H,4,9-10,12H2,1-3H3/t13-/m0/s1. The molecule has 1 amide bonds. The highest BCUT2D eigenvalue weighted by Crippen LogP contribution is 2.23. The Morgan fingerprint density at radius 3 is 2.75 bits per heavy atom. The molecule has 1 atom stereocenters. The Hall–Kier alpha value is -3.09. The number of carbonyl (C=O) groups excluding carboxylic acids is 1. The highest BCUT2D eigenvalue weighted by atomic mass is 16.5. The van der Waals surface area contributed by atoms with Crippen molar-refractivity contribution in [3.63, 3.8) is 0 Å². The Kier molecular flexibility index (Phi) is 4.66. The lowest BCUT2D eigenvalue weighted by Gasteiger charge is -2.29. The van der Waals surface area contributed by atoms with Crippen LogP contribution in [0, 0.1) is 5.92 Å². The molecule has 7 nitrogen and oxygen atoms in total. The number of fused-ring (bicyclic) bond motifs is 2. The molecule has 1 N–H and O–H groups in total. The van der Waals surface area contributed by atoms with E-state index in [-0.39, 0.29) is 17.4 Å². The second-order valence-electron chi connectivity index (χ2n) is 7.25. The van der Waals surface area contributed by atoms with Crippen LogP contribution in [-0.2, 0) is 17.8 Å². The van der Waals surface area contributed by atoms with Crippen molar-refractivity contribution in [3.05, 3.63) is 51.9 Å². The van der Waals surface area contributed by atoms with Crippen molar-refractivity contribution in [3.8, 4) is 17.0 Å². The van der Waals surface area contributed by atoms with Gasteiger partial charge in [0.05, 0.1) is 30.6 Å². The van der Waals surface area contributed by atoms with Gasteiger partial charge in [-0.2, -0.15) is 0 Å². The van der Waals surface area contributed by atoms with Crippen molar-refractivity contribution in [2.24, 2.45) is 5.92 Å². The highest BCUT2D eigenvalue weighted by Gasteiger charge is 2.27. The first-order valence-electron chi connectivity index (χ1n) is 9.58. The molecule has 0 saturated heterocycles. The van der Waals surface area contributed by atoms with Crippen LogP contribution < -0.4 is 10.3 Å². The van der Waals surface area contributed by atoms with Crippen LogP contribution in [0.2, 0.25) is 0 Å². The summed E-state index contributed by atoms with van der Waals surface area (Å²) in [5, 5.41) is 3.14. The maximum atomic E-state index is 13.1. The van der Waals surface area contributed by atoms with E-state index >= 15 is 0 Å². The zero-order valence-electron chi connectivity index (χ0n) is 16.4. The molecule has 0 radical (unpaired) electrons. The van der Waals surface area contributed by atoms with Crippen molar-refractivity contribution in [1.29, 1.82) is 0 Å². The molecule has 2 aromatic heterocycles. The molecule has 0 unspecified atom stereocenters. The van der Waals surface area contributed by atoms with E-state index in [1.54, 1.807) is 12.0 Å². The second kappa shape index (κ2) is 7.14. The number of rotatable bonds is 4. The van der Waals surface area contributed by atoms with Crippen molar-refractivity contribution in [2.45, 2.75) is 33.2 Å². The van der Waals surface area contributed by atoms with Gasteiger partial charge in [-0.3, -0.25) is 14.7 Å². The number of amides is 1. The number of hydrogen-bond acceptors (Lipinski definition) is 4. The Morgan fingerprint density at radius 2 is 2.07 bits per heavy atom. The predicted octanol–water partition coefficient (Wildman–Crippen LogP) is 2.63. The average molecular weight is 380 g/mol. The molecule has 146 valence electrons. The Balaban J connectivity index is 1.71. The minimum Gasteiger partial charge on any atom is -0.497 e. The topological polar surface area (TPSA) is 79.7 Å². The lowest BCUT2D eigenvalue weighted by Crippen LogP contribution is -2.42. The van der Waals surface area contributed by atoms with Gasteiger partial charge in [0, 0.05) is 24.9 Å². The van der Waals surface area contributed by atoms with Gasteiger partial charge in [0.15, 0.2) is 5.65 Å². The van der Waals surface area contributed by atoms with E-state index in [1.807, 2.05) is 44.2 Å². The minimum atomic E-state index is -0.138. The highest BCUT2D eigenvalue weighted by molar-refractivity contribution is 5.78. The van der Waals surface area contributed by atoms with E-state index in [0.717, 1.165) is 29.1 Å². The molecule has 3 heterocycles. The number of benzene rings is 1. The van der Waals surface area contributed by atoms with E-state index in [4.69, 9.17) is 4.74 Å². The van der Waals surface area contributed by atoms with E-state index < -0.39 is 0 Å². The van der Waals surface area contributed by atoms with Gasteiger partial charge in [0.25, 0.3) is 5.56 Å². The largest absolute Gasteiger partial charge is 0.497 e. The Morgan fingerprint density at radius 1 is 1.32 bits per heavy atom. The number of hydrogen-bond donors (Lipinski definition) is 1. The van der Waals surface area contributed by atoms with E-state index in [2.05, 4.69) is 10.1 Å². The summed E-state index contributed by atoms with van der Waals surface area (Å²) in [4.78, 5) is 32.1. The molecule has 1 aromatic carbocycles. The zero-order valence-corrected chi connectivity index (χ0v) is 16.4. The smallest absolute Gasteiger partial charge is 0.277 e. The number of H-pyrrole nitrogens is 1. The summed E-state index contributed by atoms with van der Waals surface area (Å²) < 4.78 is 6.66. The number of aromatic nitrogens is 3. The molecule has 1 aliphatic heterocycles. The van der Waals surface area contributed by atoms with Gasteiger partial charge in [-0.25, -0.2) is 9.50 Å². The summed E-state index contributed by atoms with van der Waals surface area (Å²) >= 11 is 0. The molecule has 28 heavy (non-hydrogen) atoms. The molecule has 4 rings (SSSR count). The lowest BCUT2D eigenvalue weighted by molar-refractivity contribution is -0.136. The molecule has 7 heteroatoms. The third-order valence-corrected chi connectivity index (χ3v) is 5.51. The van der Waals surface area contributed by atoms with E-state index in [9.17, 15) is 9.59 Å². The third-order valence-electron chi connectivity index (χ3n) is 5.51. The molecular weight excluding hydrogens is 356 g/mol. The summed E-state index contributed by atoms with van der Waals surface area (Å²) in [6, 6.07) is 9.49. The summed E-state index contributed by atoms with van der Waals surface area (Å²) in [7, 11) is 1.63. The Bertz CT molecular complexity index is 1080. The lowest BCUT2D eigenvalue weighted by atomic mass is 10.0. The maximum absolute atomic E-state index is 13.1. The Labute approximate surface area is 162 Å². The third kappa shape index (κ3) is 3.06. The molecule has 3 aromatic rings. The number of carbonyl (C=O) groups is 1. The van der Waals surface area contributed by atoms with Crippen molar-refractivity contribution < 1.29 is 9.53 Å². The number of aromatic amines is 1. The molecule has 0 spiro atoms. The van der Waals surface area contributed by atoms with Crippen LogP contribution in [0.15, 0.2) is 35.1 Å². The van der Waals surface area contributed by atoms with Crippen LogP contribution in [0.5, 0.6) is 5.75 Å². The molecule has 0 fully saturated rings. The van der Waals surface area contributed by atoms with Gasteiger partial charge in [-0.05, 0) is 36.2 Å². The van der Waals surface area contributed by atoms with Crippen LogP contribution in [0.1, 0.15) is 31.5 Å². The van der Waals surface area contributed by atoms with Crippen LogP contribution >= 0.6 is 0 Å². The first-order valence-corrected chi connectivity index (χ1v) is 9.58. The van der Waals surface area contributed by atoms with E-state index in [0.29, 0.717) is 30.7 Å². The zero-order chi connectivity index (χ0) is 19.8. The first kappa shape index (κ1) is 18.3. The van der Waals surface area contributed by atoms with Crippen LogP contribution in [0.3, 0.4) is 0 Å². The summed E-state index contributed by atoms with van der Waals surface area (Å²) in [5.74, 6) is 0.841. The number of nitrogens with one attached hydrogen (secondary N) is 1. The summed E-state index contributed by atoms with van der Waals surface area (Å²) in [5.41, 5.74) is 3.60. The van der Waals surface area contributed by atoms with Crippen molar-refractivity contribution in [1.82, 2.24) is 19.5 Å². The van der Waals surface area contributed by atoms with Gasteiger partial charge in [-0.15, -0.1) is 0 Å². The van der Waals surface area contributed by atoms with Gasteiger partial charge < -0.3 is 9.64 Å². The van der Waals surface area contributed by atoms with Gasteiger partial charge >= 0.3 is 0 Å². The van der Waals surface area contributed by atoms with Crippen LogP contribution in [0.25, 0.3) is 16.9 Å². The molecular formula is C21H24N4O3. The number of methoxy groups -OCH3 is 1. The fourth-order valence-electron chi connectivity index (χ4n) is 3.57. The summed E-state index contributed by atoms with van der Waals surface area (Å²) in [6.07, 6.45) is 1.40. The van der Waals surface area contributed by atoms with Crippen LogP contribution in [-0.4, -0.2) is 39.1 Å². The first-order chi connectivity index (χ1) is 13.5. The van der Waals surface area contributed by atoms with Gasteiger partial charge in [-0.1, -0.05) is 13.8 Å². The maximum Gasteiger partial charge on any atom is 0.277 e. The molecule has 1 aliphatic rings. The quantitative estimate of drug-likeness (QED) is 0.755. The average Bonchev–Trinajstić information content (AvgIpc) is 3.17. The van der Waals surface area contributed by atoms with Crippen LogP contribution in [0.4, 0.5) is 0 Å². The number of ether oxygens (including phenoxy) is 1. The number of nitrogens with zero attached hydrogens (tertiary/aromatic N) is 3. The monoisotopic (exact) mass is 380 g/mol. The van der Waals surface area contributed by atoms with Crippen molar-refractivity contribution >= 4 is 11.6 Å². The van der Waals surface area contributed by atoms with Gasteiger partial charge in [0.2, 0.25) is 5.91 Å². The van der Waals surface area contributed by atoms with E-state index in [1.165, 1.54) is 4.52 Å². The molecule has 0 bridgehead atoms. The summed E-state index contributed by atoms with van der Waals surface area (Å²) in [6.45, 7) is 4.86. The fraction of sp³-hybridized carbons (Fsp3) is 0.381. The van der Waals surface area contributed by atoms with Gasteiger partial charge in [0.1, 0.15) is 5.75 Å². The second-order valence-corrected chi connectivity index (χ2v) is 7.25. The SMILES string of the molecule is CC[C@H](C)C(=O)N1CCc2nc3cc(-c4ccc(OC)cc4)[nH]n3c(=O)c2C1.